The summed E-state index contributed by atoms with van der Waals surface area (Å²) in [5, 5.41) is 6.52. The Bertz CT molecular complexity index is 701. The highest BCUT2D eigenvalue weighted by molar-refractivity contribution is 5.79. The minimum Gasteiger partial charge on any atom is -0.454 e. The van der Waals surface area contributed by atoms with Crippen molar-refractivity contribution in [1.29, 1.82) is 0 Å². The van der Waals surface area contributed by atoms with Crippen LogP contribution in [-0.4, -0.2) is 25.5 Å². The first-order valence-electron chi connectivity index (χ1n) is 7.17. The molecule has 2 aromatic carbocycles. The molecule has 1 amide bonds. The van der Waals surface area contributed by atoms with Gasteiger partial charge in [0.25, 0.3) is 5.91 Å². The van der Waals surface area contributed by atoms with Gasteiger partial charge in [0.2, 0.25) is 6.79 Å². The van der Waals surface area contributed by atoms with Crippen LogP contribution in [-0.2, 0) is 16.2 Å². The van der Waals surface area contributed by atoms with E-state index in [1.54, 1.807) is 6.21 Å². The highest BCUT2D eigenvalue weighted by Crippen LogP contribution is 2.32. The molecule has 1 aliphatic heterocycles. The zero-order valence-electron chi connectivity index (χ0n) is 12.4. The van der Waals surface area contributed by atoms with Crippen molar-refractivity contribution in [2.45, 2.75) is 6.54 Å². The second-order valence-electron chi connectivity index (χ2n) is 4.88. The third kappa shape index (κ3) is 4.23. The highest BCUT2D eigenvalue weighted by atomic mass is 16.7. The van der Waals surface area contributed by atoms with Crippen molar-refractivity contribution in [3.63, 3.8) is 0 Å². The molecule has 6 heteroatoms. The lowest BCUT2D eigenvalue weighted by atomic mass is 10.2. The van der Waals surface area contributed by atoms with Crippen LogP contribution in [0.4, 0.5) is 0 Å². The van der Waals surface area contributed by atoms with Crippen molar-refractivity contribution in [1.82, 2.24) is 5.32 Å². The number of nitrogens with one attached hydrogen (secondary N) is 1. The first kappa shape index (κ1) is 14.9. The number of hydrogen-bond donors (Lipinski definition) is 1. The Kier molecular flexibility index (Phi) is 4.73. The number of nitrogens with zero attached hydrogens (tertiary/aromatic N) is 1. The van der Waals surface area contributed by atoms with E-state index in [0.717, 1.165) is 16.9 Å². The van der Waals surface area contributed by atoms with E-state index in [0.29, 0.717) is 12.3 Å². The summed E-state index contributed by atoms with van der Waals surface area (Å²) in [6, 6.07) is 15.1. The summed E-state index contributed by atoms with van der Waals surface area (Å²) in [5.74, 6) is 1.17. The van der Waals surface area contributed by atoms with Crippen molar-refractivity contribution >= 4 is 12.1 Å². The number of oxime groups is 1. The Morgan fingerprint density at radius 2 is 2.00 bits per heavy atom. The lowest BCUT2D eigenvalue weighted by Crippen LogP contribution is -2.26. The monoisotopic (exact) mass is 312 g/mol. The molecule has 3 rings (SSSR count). The zero-order valence-corrected chi connectivity index (χ0v) is 12.4. The van der Waals surface area contributed by atoms with Gasteiger partial charge in [-0.25, -0.2) is 0 Å². The van der Waals surface area contributed by atoms with Gasteiger partial charge in [-0.2, -0.15) is 0 Å². The first-order chi connectivity index (χ1) is 11.3. The standard InChI is InChI=1S/C17H16N2O4/c20-17(11-23-19-10-13-4-2-1-3-5-13)18-9-14-6-7-15-16(8-14)22-12-21-15/h1-8,10H,9,11-12H2,(H,18,20)/b19-10-. The van der Waals surface area contributed by atoms with E-state index in [-0.39, 0.29) is 19.3 Å². The minimum atomic E-state index is -0.243. The van der Waals surface area contributed by atoms with Gasteiger partial charge in [0, 0.05) is 6.54 Å². The van der Waals surface area contributed by atoms with Gasteiger partial charge in [0.1, 0.15) is 0 Å². The summed E-state index contributed by atoms with van der Waals surface area (Å²) in [4.78, 5) is 16.7. The van der Waals surface area contributed by atoms with Crippen LogP contribution in [0.15, 0.2) is 53.7 Å². The third-order valence-electron chi connectivity index (χ3n) is 3.20. The highest BCUT2D eigenvalue weighted by Gasteiger charge is 2.13. The van der Waals surface area contributed by atoms with Gasteiger partial charge in [0.05, 0.1) is 6.21 Å². The predicted molar refractivity (Wildman–Crippen MR) is 84.4 cm³/mol. The number of ether oxygens (including phenoxy) is 2. The van der Waals surface area contributed by atoms with Crippen LogP contribution in [0.25, 0.3) is 0 Å². The Balaban J connectivity index is 1.40. The Morgan fingerprint density at radius 1 is 1.17 bits per heavy atom. The van der Waals surface area contributed by atoms with Crippen molar-refractivity contribution < 1.29 is 19.1 Å². The SMILES string of the molecule is O=C(CO/N=C\c1ccccc1)NCc1ccc2c(c1)OCO2. The molecule has 1 N–H and O–H groups in total. The number of hydrogen-bond acceptors (Lipinski definition) is 5. The van der Waals surface area contributed by atoms with Crippen LogP contribution >= 0.6 is 0 Å². The van der Waals surface area contributed by atoms with Crippen LogP contribution in [0.3, 0.4) is 0 Å². The number of amides is 1. The minimum absolute atomic E-state index is 0.131. The molecule has 1 aliphatic rings. The Morgan fingerprint density at radius 3 is 2.87 bits per heavy atom. The van der Waals surface area contributed by atoms with E-state index in [1.807, 2.05) is 48.5 Å². The van der Waals surface area contributed by atoms with E-state index in [1.165, 1.54) is 0 Å². The van der Waals surface area contributed by atoms with Gasteiger partial charge in [-0.15, -0.1) is 0 Å². The number of carbonyl (C=O) groups excluding carboxylic acids is 1. The second kappa shape index (κ2) is 7.31. The number of rotatable bonds is 6. The van der Waals surface area contributed by atoms with Gasteiger partial charge in [0.15, 0.2) is 18.1 Å². The fourth-order valence-electron chi connectivity index (χ4n) is 2.04. The molecule has 0 unspecified atom stereocenters. The fourth-order valence-corrected chi connectivity index (χ4v) is 2.04. The molecule has 0 saturated carbocycles. The number of benzene rings is 2. The Hall–Kier alpha value is -3.02. The molecular weight excluding hydrogens is 296 g/mol. The summed E-state index contributed by atoms with van der Waals surface area (Å²) in [6.07, 6.45) is 1.56. The van der Waals surface area contributed by atoms with Crippen LogP contribution < -0.4 is 14.8 Å². The van der Waals surface area contributed by atoms with E-state index in [9.17, 15) is 4.79 Å². The maximum absolute atomic E-state index is 11.7. The van der Waals surface area contributed by atoms with E-state index < -0.39 is 0 Å². The van der Waals surface area contributed by atoms with Gasteiger partial charge < -0.3 is 19.6 Å². The maximum atomic E-state index is 11.7. The summed E-state index contributed by atoms with van der Waals surface area (Å²) < 4.78 is 10.5. The maximum Gasteiger partial charge on any atom is 0.261 e. The molecule has 0 fully saturated rings. The molecule has 0 saturated heterocycles. The molecule has 2 aromatic rings. The first-order valence-corrected chi connectivity index (χ1v) is 7.17. The van der Waals surface area contributed by atoms with Gasteiger partial charge >= 0.3 is 0 Å². The molecule has 0 bridgehead atoms. The average Bonchev–Trinajstić information content (AvgIpc) is 3.05. The molecule has 0 radical (unpaired) electrons. The van der Waals surface area contributed by atoms with Gasteiger partial charge in [-0.3, -0.25) is 4.79 Å². The van der Waals surface area contributed by atoms with Crippen molar-refractivity contribution in [2.24, 2.45) is 5.16 Å². The van der Waals surface area contributed by atoms with Crippen LogP contribution in [0.5, 0.6) is 11.5 Å². The van der Waals surface area contributed by atoms with Crippen molar-refractivity contribution in [3.05, 3.63) is 59.7 Å². The van der Waals surface area contributed by atoms with Crippen LogP contribution in [0.1, 0.15) is 11.1 Å². The van der Waals surface area contributed by atoms with Crippen LogP contribution in [0.2, 0.25) is 0 Å². The van der Waals surface area contributed by atoms with E-state index in [4.69, 9.17) is 14.3 Å². The van der Waals surface area contributed by atoms with Gasteiger partial charge in [-0.05, 0) is 23.3 Å². The second-order valence-corrected chi connectivity index (χ2v) is 4.88. The molecule has 0 aliphatic carbocycles. The summed E-state index contributed by atoms with van der Waals surface area (Å²) in [7, 11) is 0. The third-order valence-corrected chi connectivity index (χ3v) is 3.20. The topological polar surface area (TPSA) is 69.2 Å². The number of carbonyl (C=O) groups is 1. The molecule has 23 heavy (non-hydrogen) atoms. The smallest absolute Gasteiger partial charge is 0.261 e. The molecule has 1 heterocycles. The number of fused-ring (bicyclic) bond motifs is 1. The molecule has 0 spiro atoms. The molecule has 118 valence electrons. The van der Waals surface area contributed by atoms with Crippen molar-refractivity contribution in [2.75, 3.05) is 13.4 Å². The van der Waals surface area contributed by atoms with E-state index >= 15 is 0 Å². The fraction of sp³-hybridized carbons (Fsp3) is 0.176. The van der Waals surface area contributed by atoms with E-state index in [2.05, 4.69) is 10.5 Å². The summed E-state index contributed by atoms with van der Waals surface area (Å²) >= 11 is 0. The lowest BCUT2D eigenvalue weighted by molar-refractivity contribution is -0.125. The van der Waals surface area contributed by atoms with Gasteiger partial charge in [-0.1, -0.05) is 41.6 Å². The predicted octanol–water partition coefficient (Wildman–Crippen LogP) is 2.08. The average molecular weight is 312 g/mol. The van der Waals surface area contributed by atoms with Crippen LogP contribution in [0, 0.1) is 0 Å². The Labute approximate surface area is 133 Å². The van der Waals surface area contributed by atoms with Crippen molar-refractivity contribution in [3.8, 4) is 11.5 Å². The normalized spacial score (nSPS) is 12.3. The molecule has 0 aromatic heterocycles. The largest absolute Gasteiger partial charge is 0.454 e. The lowest BCUT2D eigenvalue weighted by Gasteiger charge is -2.05. The molecular formula is C17H16N2O4. The summed E-state index contributed by atoms with van der Waals surface area (Å²) in [6.45, 7) is 0.494. The zero-order chi connectivity index (χ0) is 15.9. The quantitative estimate of drug-likeness (QED) is 0.655. The molecule has 0 atom stereocenters. The summed E-state index contributed by atoms with van der Waals surface area (Å²) in [5.41, 5.74) is 1.84. The molecule has 6 nitrogen and oxygen atoms in total.